The van der Waals surface area contributed by atoms with Crippen molar-refractivity contribution in [2.45, 2.75) is 50.7 Å². The molecule has 4 heteroatoms. The molecule has 0 bridgehead atoms. The zero-order chi connectivity index (χ0) is 13.7. The van der Waals surface area contributed by atoms with E-state index in [2.05, 4.69) is 16.6 Å². The van der Waals surface area contributed by atoms with Crippen LogP contribution in [0.5, 0.6) is 0 Å². The lowest BCUT2D eigenvalue weighted by Crippen LogP contribution is -2.45. The highest BCUT2D eigenvalue weighted by Gasteiger charge is 2.30. The molecule has 1 aliphatic rings. The summed E-state index contributed by atoms with van der Waals surface area (Å²) in [6.45, 7) is 0. The fourth-order valence-corrected chi connectivity index (χ4v) is 3.36. The average Bonchev–Trinajstić information content (AvgIpc) is 2.85. The minimum Gasteiger partial charge on any atom is -0.380 e. The topological polar surface area (TPSA) is 39.1 Å². The van der Waals surface area contributed by atoms with Crippen molar-refractivity contribution in [1.82, 2.24) is 15.1 Å². The van der Waals surface area contributed by atoms with Crippen LogP contribution in [-0.4, -0.2) is 36.1 Å². The molecule has 2 atom stereocenters. The van der Waals surface area contributed by atoms with Crippen LogP contribution in [0.15, 0.2) is 12.4 Å². The molecule has 2 unspecified atom stereocenters. The van der Waals surface area contributed by atoms with E-state index in [0.29, 0.717) is 18.1 Å². The number of aromatic nitrogens is 2. The molecule has 0 saturated heterocycles. The Morgan fingerprint density at radius 3 is 2.68 bits per heavy atom. The van der Waals surface area contributed by atoms with Gasteiger partial charge in [-0.3, -0.25) is 4.68 Å². The number of ether oxygens (including phenoxy) is 1. The van der Waals surface area contributed by atoms with Crippen molar-refractivity contribution in [3.8, 4) is 0 Å². The van der Waals surface area contributed by atoms with E-state index >= 15 is 0 Å². The molecular weight excluding hydrogens is 238 g/mol. The number of likely N-dealkylation sites (N-methyl/N-ethyl adjacent to an activating group) is 1. The van der Waals surface area contributed by atoms with Crippen molar-refractivity contribution in [1.29, 1.82) is 0 Å². The van der Waals surface area contributed by atoms with Crippen LogP contribution in [0.4, 0.5) is 0 Å². The first-order chi connectivity index (χ1) is 9.24. The highest BCUT2D eigenvalue weighted by atomic mass is 16.5. The third-order valence-electron chi connectivity index (χ3n) is 4.37. The minimum atomic E-state index is 0.311. The lowest BCUT2D eigenvalue weighted by molar-refractivity contribution is 0.0101. The lowest BCUT2D eigenvalue weighted by atomic mass is 9.81. The summed E-state index contributed by atoms with van der Waals surface area (Å²) in [5.41, 5.74) is 1.28. The molecule has 1 heterocycles. The number of methoxy groups -OCH3 is 1. The first-order valence-electron chi connectivity index (χ1n) is 7.42. The molecule has 1 aromatic rings. The van der Waals surface area contributed by atoms with Gasteiger partial charge in [-0.1, -0.05) is 19.3 Å². The predicted molar refractivity (Wildman–Crippen MR) is 77.1 cm³/mol. The molecule has 0 aromatic carbocycles. The fraction of sp³-hybridized carbons (Fsp3) is 0.800. The summed E-state index contributed by atoms with van der Waals surface area (Å²) in [6, 6.07) is 0.372. The van der Waals surface area contributed by atoms with E-state index in [4.69, 9.17) is 4.74 Å². The van der Waals surface area contributed by atoms with Crippen LogP contribution in [0.1, 0.15) is 37.7 Å². The molecule has 0 spiro atoms. The Labute approximate surface area is 116 Å². The maximum Gasteiger partial charge on any atom is 0.0755 e. The highest BCUT2D eigenvalue weighted by Crippen LogP contribution is 2.30. The van der Waals surface area contributed by atoms with Crippen molar-refractivity contribution in [2.75, 3.05) is 14.2 Å². The summed E-state index contributed by atoms with van der Waals surface area (Å²) >= 11 is 0. The second kappa shape index (κ2) is 7.06. The summed E-state index contributed by atoms with van der Waals surface area (Å²) < 4.78 is 7.70. The molecule has 1 aromatic heterocycles. The quantitative estimate of drug-likeness (QED) is 0.856. The van der Waals surface area contributed by atoms with Gasteiger partial charge < -0.3 is 10.1 Å². The predicted octanol–water partition coefficient (Wildman–Crippen LogP) is 2.15. The zero-order valence-electron chi connectivity index (χ0n) is 12.4. The largest absolute Gasteiger partial charge is 0.380 e. The first-order valence-corrected chi connectivity index (χ1v) is 7.42. The van der Waals surface area contributed by atoms with Crippen LogP contribution in [0.25, 0.3) is 0 Å². The van der Waals surface area contributed by atoms with Gasteiger partial charge in [0, 0.05) is 26.4 Å². The van der Waals surface area contributed by atoms with E-state index in [9.17, 15) is 0 Å². The highest BCUT2D eigenvalue weighted by molar-refractivity contribution is 5.07. The van der Waals surface area contributed by atoms with E-state index in [0.717, 1.165) is 6.42 Å². The van der Waals surface area contributed by atoms with E-state index in [1.54, 1.807) is 0 Å². The Kier molecular flexibility index (Phi) is 5.40. The SMILES string of the molecule is CNC(Cc1cnn(C)c1)C(OC)C1CCCCC1. The molecule has 1 N–H and O–H groups in total. The van der Waals surface area contributed by atoms with Crippen molar-refractivity contribution < 1.29 is 4.74 Å². The van der Waals surface area contributed by atoms with Crippen LogP contribution in [0.2, 0.25) is 0 Å². The summed E-state index contributed by atoms with van der Waals surface area (Å²) in [5.74, 6) is 0.702. The van der Waals surface area contributed by atoms with Gasteiger partial charge in [0.2, 0.25) is 0 Å². The normalized spacial score (nSPS) is 20.4. The van der Waals surface area contributed by atoms with Crippen LogP contribution >= 0.6 is 0 Å². The van der Waals surface area contributed by atoms with Gasteiger partial charge in [-0.15, -0.1) is 0 Å². The molecule has 0 amide bonds. The molecule has 1 aliphatic carbocycles. The first kappa shape index (κ1) is 14.5. The Hall–Kier alpha value is -0.870. The number of rotatable bonds is 6. The molecule has 2 rings (SSSR count). The number of aryl methyl sites for hydroxylation is 1. The van der Waals surface area contributed by atoms with Crippen molar-refractivity contribution >= 4 is 0 Å². The molecular formula is C15H27N3O. The van der Waals surface area contributed by atoms with Gasteiger partial charge in [-0.05, 0) is 37.8 Å². The second-order valence-electron chi connectivity index (χ2n) is 5.72. The molecule has 0 aliphatic heterocycles. The molecule has 19 heavy (non-hydrogen) atoms. The van der Waals surface area contributed by atoms with E-state index < -0.39 is 0 Å². The Balaban J connectivity index is 2.00. The monoisotopic (exact) mass is 265 g/mol. The van der Waals surface area contributed by atoms with Crippen LogP contribution < -0.4 is 5.32 Å². The third kappa shape index (κ3) is 3.80. The smallest absolute Gasteiger partial charge is 0.0755 e. The molecule has 0 radical (unpaired) electrons. The van der Waals surface area contributed by atoms with Crippen molar-refractivity contribution in [2.24, 2.45) is 13.0 Å². The molecule has 1 saturated carbocycles. The summed E-state index contributed by atoms with van der Waals surface area (Å²) in [6.07, 6.45) is 12.1. The molecule has 4 nitrogen and oxygen atoms in total. The van der Waals surface area contributed by atoms with Gasteiger partial charge in [-0.25, -0.2) is 0 Å². The average molecular weight is 265 g/mol. The standard InChI is InChI=1S/C15H27N3O/c1-16-14(9-12-10-17-18(2)11-12)15(19-3)13-7-5-4-6-8-13/h10-11,13-16H,4-9H2,1-3H3. The minimum absolute atomic E-state index is 0.311. The Bertz CT molecular complexity index is 371. The number of nitrogens with zero attached hydrogens (tertiary/aromatic N) is 2. The summed E-state index contributed by atoms with van der Waals surface area (Å²) in [7, 11) is 5.86. The van der Waals surface area contributed by atoms with Gasteiger partial charge in [-0.2, -0.15) is 5.10 Å². The number of hydrogen-bond donors (Lipinski definition) is 1. The van der Waals surface area contributed by atoms with E-state index in [1.807, 2.05) is 32.1 Å². The van der Waals surface area contributed by atoms with Gasteiger partial charge in [0.25, 0.3) is 0 Å². The van der Waals surface area contributed by atoms with Gasteiger partial charge in [0.1, 0.15) is 0 Å². The fourth-order valence-electron chi connectivity index (χ4n) is 3.36. The van der Waals surface area contributed by atoms with Crippen LogP contribution in [0, 0.1) is 5.92 Å². The molecule has 108 valence electrons. The Morgan fingerprint density at radius 2 is 2.16 bits per heavy atom. The third-order valence-corrected chi connectivity index (χ3v) is 4.37. The van der Waals surface area contributed by atoms with Crippen molar-refractivity contribution in [3.63, 3.8) is 0 Å². The second-order valence-corrected chi connectivity index (χ2v) is 5.72. The molecule has 1 fully saturated rings. The summed E-state index contributed by atoms with van der Waals surface area (Å²) in [4.78, 5) is 0. The van der Waals surface area contributed by atoms with Crippen molar-refractivity contribution in [3.05, 3.63) is 18.0 Å². The van der Waals surface area contributed by atoms with Crippen LogP contribution in [0.3, 0.4) is 0 Å². The number of hydrogen-bond acceptors (Lipinski definition) is 3. The lowest BCUT2D eigenvalue weighted by Gasteiger charge is -2.34. The Morgan fingerprint density at radius 1 is 1.42 bits per heavy atom. The van der Waals surface area contributed by atoms with E-state index in [-0.39, 0.29) is 0 Å². The van der Waals surface area contributed by atoms with Gasteiger partial charge in [0.05, 0.1) is 12.3 Å². The van der Waals surface area contributed by atoms with E-state index in [1.165, 1.54) is 37.7 Å². The number of nitrogens with one attached hydrogen (secondary N) is 1. The maximum atomic E-state index is 5.83. The van der Waals surface area contributed by atoms with Crippen LogP contribution in [-0.2, 0) is 18.2 Å². The van der Waals surface area contributed by atoms with Gasteiger partial charge >= 0.3 is 0 Å². The zero-order valence-corrected chi connectivity index (χ0v) is 12.4. The summed E-state index contributed by atoms with van der Waals surface area (Å²) in [5, 5.41) is 7.70. The van der Waals surface area contributed by atoms with Gasteiger partial charge in [0.15, 0.2) is 0 Å². The maximum absolute atomic E-state index is 5.83.